The molecule has 0 saturated carbocycles. The number of rotatable bonds is 5. The molecule has 158 valence electrons. The molecule has 0 N–H and O–H groups in total. The van der Waals surface area contributed by atoms with Gasteiger partial charge in [0, 0.05) is 49.7 Å². The average Bonchev–Trinajstić information content (AvgIpc) is 3.20. The fourth-order valence-electron chi connectivity index (χ4n) is 3.90. The van der Waals surface area contributed by atoms with Gasteiger partial charge in [0.1, 0.15) is 6.33 Å². The maximum absolute atomic E-state index is 13.9. The molecule has 1 amide bonds. The summed E-state index contributed by atoms with van der Waals surface area (Å²) in [6.07, 6.45) is 1.76. The van der Waals surface area contributed by atoms with Gasteiger partial charge in [-0.1, -0.05) is 6.07 Å². The van der Waals surface area contributed by atoms with E-state index in [0.717, 1.165) is 35.6 Å². The second kappa shape index (κ2) is 8.35. The fourth-order valence-corrected chi connectivity index (χ4v) is 3.90. The second-order valence-electron chi connectivity index (χ2n) is 7.54. The molecule has 0 aliphatic carbocycles. The predicted molar refractivity (Wildman–Crippen MR) is 109 cm³/mol. The Morgan fingerprint density at radius 3 is 2.67 bits per heavy atom. The number of aryl methyl sites for hydroxylation is 2. The molecule has 0 bridgehead atoms. The third-order valence-electron chi connectivity index (χ3n) is 5.66. The molecule has 1 aromatic carbocycles. The van der Waals surface area contributed by atoms with Crippen molar-refractivity contribution < 1.29 is 13.9 Å². The fraction of sp³-hybridized carbons (Fsp3) is 0.429. The number of fused-ring (bicyclic) bond motifs is 1. The Balaban J connectivity index is 1.36. The van der Waals surface area contributed by atoms with E-state index in [9.17, 15) is 9.18 Å². The van der Waals surface area contributed by atoms with Gasteiger partial charge in [-0.15, -0.1) is 0 Å². The van der Waals surface area contributed by atoms with Gasteiger partial charge in [-0.25, -0.2) is 13.9 Å². The number of nitrogens with zero attached hydrogens (tertiary/aromatic N) is 6. The summed E-state index contributed by atoms with van der Waals surface area (Å²) in [5, 5.41) is 4.18. The van der Waals surface area contributed by atoms with Gasteiger partial charge in [-0.3, -0.25) is 9.69 Å². The zero-order valence-electron chi connectivity index (χ0n) is 17.4. The Bertz CT molecular complexity index is 1070. The van der Waals surface area contributed by atoms with E-state index >= 15 is 0 Å². The molecule has 1 saturated heterocycles. The van der Waals surface area contributed by atoms with Gasteiger partial charge in [0.05, 0.1) is 13.5 Å². The molecule has 3 heterocycles. The predicted octanol–water partition coefficient (Wildman–Crippen LogP) is 1.78. The van der Waals surface area contributed by atoms with Crippen molar-refractivity contribution >= 4 is 11.7 Å². The van der Waals surface area contributed by atoms with E-state index in [1.807, 2.05) is 24.8 Å². The summed E-state index contributed by atoms with van der Waals surface area (Å²) in [6.45, 7) is 7.27. The SMILES string of the molecule is COc1ccc(CN2CCN(C(=O)Cc3c(C)nc4ncnn4c3C)CC2)cc1F. The molecule has 9 heteroatoms. The Hall–Kier alpha value is -3.07. The third kappa shape index (κ3) is 3.97. The Labute approximate surface area is 174 Å². The Morgan fingerprint density at radius 2 is 1.97 bits per heavy atom. The van der Waals surface area contributed by atoms with Crippen LogP contribution in [0.15, 0.2) is 24.5 Å². The van der Waals surface area contributed by atoms with Crippen molar-refractivity contribution in [2.45, 2.75) is 26.8 Å². The molecule has 0 atom stereocenters. The van der Waals surface area contributed by atoms with Gasteiger partial charge in [-0.05, 0) is 31.5 Å². The van der Waals surface area contributed by atoms with E-state index in [1.165, 1.54) is 19.5 Å². The van der Waals surface area contributed by atoms with Gasteiger partial charge in [0.25, 0.3) is 5.78 Å². The molecule has 0 spiro atoms. The van der Waals surface area contributed by atoms with Gasteiger partial charge >= 0.3 is 0 Å². The molecular weight excluding hydrogens is 387 g/mol. The lowest BCUT2D eigenvalue weighted by Crippen LogP contribution is -2.48. The van der Waals surface area contributed by atoms with Gasteiger partial charge in [-0.2, -0.15) is 10.1 Å². The van der Waals surface area contributed by atoms with Gasteiger partial charge in [0.15, 0.2) is 11.6 Å². The van der Waals surface area contributed by atoms with Crippen molar-refractivity contribution in [3.05, 3.63) is 52.9 Å². The summed E-state index contributed by atoms with van der Waals surface area (Å²) < 4.78 is 20.5. The number of carbonyl (C=O) groups excluding carboxylic acids is 1. The first-order chi connectivity index (χ1) is 14.5. The minimum absolute atomic E-state index is 0.0811. The molecular formula is C21H25FN6O2. The number of ether oxygens (including phenoxy) is 1. The lowest BCUT2D eigenvalue weighted by Gasteiger charge is -2.35. The zero-order valence-corrected chi connectivity index (χ0v) is 17.4. The Kier molecular flexibility index (Phi) is 5.63. The zero-order chi connectivity index (χ0) is 21.3. The number of aromatic nitrogens is 4. The van der Waals surface area contributed by atoms with E-state index in [0.29, 0.717) is 31.8 Å². The number of amides is 1. The van der Waals surface area contributed by atoms with E-state index < -0.39 is 0 Å². The topological polar surface area (TPSA) is 75.9 Å². The van der Waals surface area contributed by atoms with Crippen molar-refractivity contribution in [3.63, 3.8) is 0 Å². The van der Waals surface area contributed by atoms with Crippen LogP contribution in [0.4, 0.5) is 4.39 Å². The highest BCUT2D eigenvalue weighted by molar-refractivity contribution is 5.79. The van der Waals surface area contributed by atoms with Crippen molar-refractivity contribution in [2.24, 2.45) is 0 Å². The molecule has 8 nitrogen and oxygen atoms in total. The van der Waals surface area contributed by atoms with Gasteiger partial charge in [0.2, 0.25) is 5.91 Å². The minimum Gasteiger partial charge on any atom is -0.494 e. The summed E-state index contributed by atoms with van der Waals surface area (Å²) >= 11 is 0. The van der Waals surface area contributed by atoms with E-state index in [-0.39, 0.29) is 17.5 Å². The number of carbonyl (C=O) groups is 1. The molecule has 1 aliphatic rings. The summed E-state index contributed by atoms with van der Waals surface area (Å²) in [6, 6.07) is 5.03. The highest BCUT2D eigenvalue weighted by Gasteiger charge is 2.23. The van der Waals surface area contributed by atoms with Crippen molar-refractivity contribution in [1.82, 2.24) is 29.4 Å². The summed E-state index contributed by atoms with van der Waals surface area (Å²) in [4.78, 5) is 25.6. The van der Waals surface area contributed by atoms with Crippen LogP contribution in [0.3, 0.4) is 0 Å². The minimum atomic E-state index is -0.354. The molecule has 30 heavy (non-hydrogen) atoms. The van der Waals surface area contributed by atoms with Gasteiger partial charge < -0.3 is 9.64 Å². The number of hydrogen-bond donors (Lipinski definition) is 0. The molecule has 3 aromatic rings. The normalized spacial score (nSPS) is 15.0. The monoisotopic (exact) mass is 412 g/mol. The maximum Gasteiger partial charge on any atom is 0.252 e. The van der Waals surface area contributed by atoms with Crippen LogP contribution in [0.1, 0.15) is 22.5 Å². The van der Waals surface area contributed by atoms with Crippen molar-refractivity contribution in [3.8, 4) is 5.75 Å². The van der Waals surface area contributed by atoms with Crippen LogP contribution in [0.25, 0.3) is 5.78 Å². The maximum atomic E-state index is 13.9. The third-order valence-corrected chi connectivity index (χ3v) is 5.66. The number of methoxy groups -OCH3 is 1. The molecule has 1 fully saturated rings. The molecule has 2 aromatic heterocycles. The van der Waals surface area contributed by atoms with Crippen LogP contribution in [0.2, 0.25) is 0 Å². The highest BCUT2D eigenvalue weighted by atomic mass is 19.1. The Morgan fingerprint density at radius 1 is 1.20 bits per heavy atom. The van der Waals surface area contributed by atoms with Crippen LogP contribution >= 0.6 is 0 Å². The van der Waals surface area contributed by atoms with E-state index in [1.54, 1.807) is 10.6 Å². The van der Waals surface area contributed by atoms with Crippen LogP contribution in [0, 0.1) is 19.7 Å². The number of piperazine rings is 1. The largest absolute Gasteiger partial charge is 0.494 e. The smallest absolute Gasteiger partial charge is 0.252 e. The summed E-state index contributed by atoms with van der Waals surface area (Å²) in [7, 11) is 1.46. The van der Waals surface area contributed by atoms with Crippen LogP contribution in [-0.2, 0) is 17.8 Å². The molecule has 0 unspecified atom stereocenters. The summed E-state index contributed by atoms with van der Waals surface area (Å²) in [5.74, 6) is 0.522. The van der Waals surface area contributed by atoms with Crippen molar-refractivity contribution in [2.75, 3.05) is 33.3 Å². The molecule has 4 rings (SSSR count). The number of hydrogen-bond acceptors (Lipinski definition) is 6. The average molecular weight is 412 g/mol. The highest BCUT2D eigenvalue weighted by Crippen LogP contribution is 2.20. The lowest BCUT2D eigenvalue weighted by atomic mass is 10.1. The van der Waals surface area contributed by atoms with Crippen molar-refractivity contribution in [1.29, 1.82) is 0 Å². The standard InChI is InChI=1S/C21H25FN6O2/c1-14-17(15(2)28-21(25-14)23-13-24-28)11-20(29)27-8-6-26(7-9-27)12-16-4-5-19(30-3)18(22)10-16/h4-5,10,13H,6-9,11-12H2,1-3H3. The first-order valence-corrected chi connectivity index (χ1v) is 9.94. The first kappa shape index (κ1) is 20.2. The number of halogens is 1. The first-order valence-electron chi connectivity index (χ1n) is 9.94. The van der Waals surface area contributed by atoms with Crippen LogP contribution in [-0.4, -0.2) is 68.6 Å². The molecule has 0 radical (unpaired) electrons. The second-order valence-corrected chi connectivity index (χ2v) is 7.54. The summed E-state index contributed by atoms with van der Waals surface area (Å²) in [5.41, 5.74) is 3.49. The van der Waals surface area contributed by atoms with E-state index in [2.05, 4.69) is 20.0 Å². The lowest BCUT2D eigenvalue weighted by molar-refractivity contribution is -0.132. The van der Waals surface area contributed by atoms with E-state index in [4.69, 9.17) is 4.74 Å². The van der Waals surface area contributed by atoms with Crippen LogP contribution < -0.4 is 4.74 Å². The van der Waals surface area contributed by atoms with Crippen LogP contribution in [0.5, 0.6) is 5.75 Å². The number of benzene rings is 1. The molecule has 1 aliphatic heterocycles. The quantitative estimate of drug-likeness (QED) is 0.636.